The van der Waals surface area contributed by atoms with E-state index in [1.807, 2.05) is 6.92 Å². The predicted octanol–water partition coefficient (Wildman–Crippen LogP) is 7.50. The quantitative estimate of drug-likeness (QED) is 0.363. The summed E-state index contributed by atoms with van der Waals surface area (Å²) in [5, 5.41) is 9.78. The van der Waals surface area contributed by atoms with Crippen molar-refractivity contribution in [1.29, 1.82) is 0 Å². The molecular weight excluding hydrogens is 397 g/mol. The van der Waals surface area contributed by atoms with Crippen molar-refractivity contribution in [2.24, 2.45) is 17.8 Å². The van der Waals surface area contributed by atoms with E-state index >= 15 is 0 Å². The van der Waals surface area contributed by atoms with Crippen LogP contribution in [-0.2, 0) is 0 Å². The van der Waals surface area contributed by atoms with Crippen molar-refractivity contribution in [3.05, 3.63) is 34.6 Å². The fraction of sp³-hybridized carbons (Fsp3) is 0.704. The summed E-state index contributed by atoms with van der Waals surface area (Å²) in [4.78, 5) is 0. The number of rotatable bonds is 6. The molecule has 0 heterocycles. The van der Waals surface area contributed by atoms with E-state index < -0.39 is 23.6 Å². The number of benzene rings is 1. The van der Waals surface area contributed by atoms with E-state index in [1.165, 1.54) is 44.6 Å². The zero-order chi connectivity index (χ0) is 22.4. The maximum atomic E-state index is 14.6. The molecule has 0 aliphatic heterocycles. The summed E-state index contributed by atoms with van der Waals surface area (Å²) >= 11 is 0. The Bertz CT molecular complexity index is 778. The SMILES string of the molecule is CCCC(O)C#Cc1cc(C2CCC([C@H]3CC[C@H](CCC)CC3)CC2)c(F)c(F)c1F. The predicted molar refractivity (Wildman–Crippen MR) is 119 cm³/mol. The summed E-state index contributed by atoms with van der Waals surface area (Å²) in [5.41, 5.74) is 0.0960. The average Bonchev–Trinajstić information content (AvgIpc) is 2.78. The molecule has 0 spiro atoms. The largest absolute Gasteiger partial charge is 0.380 e. The van der Waals surface area contributed by atoms with Gasteiger partial charge in [0.1, 0.15) is 6.10 Å². The van der Waals surface area contributed by atoms with Gasteiger partial charge in [0, 0.05) is 0 Å². The van der Waals surface area contributed by atoms with Crippen molar-refractivity contribution in [1.82, 2.24) is 0 Å². The lowest BCUT2D eigenvalue weighted by Gasteiger charge is -2.38. The normalized spacial score (nSPS) is 27.4. The van der Waals surface area contributed by atoms with Gasteiger partial charge in [-0.3, -0.25) is 0 Å². The Hall–Kier alpha value is -1.47. The summed E-state index contributed by atoms with van der Waals surface area (Å²) in [7, 11) is 0. The molecule has 1 atom stereocenters. The smallest absolute Gasteiger partial charge is 0.195 e. The van der Waals surface area contributed by atoms with E-state index in [4.69, 9.17) is 0 Å². The van der Waals surface area contributed by atoms with E-state index in [1.54, 1.807) is 0 Å². The summed E-state index contributed by atoms with van der Waals surface area (Å²) < 4.78 is 43.1. The molecule has 2 aliphatic rings. The Balaban J connectivity index is 1.66. The van der Waals surface area contributed by atoms with Crippen LogP contribution in [0.25, 0.3) is 0 Å². The highest BCUT2D eigenvalue weighted by Gasteiger charge is 2.33. The number of aliphatic hydroxyl groups excluding tert-OH is 1. The molecule has 0 saturated heterocycles. The molecule has 0 bridgehead atoms. The molecule has 0 amide bonds. The van der Waals surface area contributed by atoms with E-state index in [9.17, 15) is 18.3 Å². The molecule has 1 nitrogen and oxygen atoms in total. The zero-order valence-corrected chi connectivity index (χ0v) is 19.0. The van der Waals surface area contributed by atoms with Crippen LogP contribution in [0.3, 0.4) is 0 Å². The van der Waals surface area contributed by atoms with Gasteiger partial charge in [-0.2, -0.15) is 0 Å². The van der Waals surface area contributed by atoms with Crippen molar-refractivity contribution in [2.75, 3.05) is 0 Å². The van der Waals surface area contributed by atoms with Crippen LogP contribution in [0.1, 0.15) is 108 Å². The molecule has 1 aromatic rings. The van der Waals surface area contributed by atoms with Crippen molar-refractivity contribution < 1.29 is 18.3 Å². The van der Waals surface area contributed by atoms with Crippen LogP contribution in [-0.4, -0.2) is 11.2 Å². The first-order valence-corrected chi connectivity index (χ1v) is 12.3. The lowest BCUT2D eigenvalue weighted by atomic mass is 9.68. The van der Waals surface area contributed by atoms with E-state index in [0.717, 1.165) is 43.9 Å². The van der Waals surface area contributed by atoms with E-state index in [2.05, 4.69) is 18.8 Å². The maximum absolute atomic E-state index is 14.6. The van der Waals surface area contributed by atoms with Gasteiger partial charge in [0.2, 0.25) is 0 Å². The maximum Gasteiger partial charge on any atom is 0.195 e. The lowest BCUT2D eigenvalue weighted by Crippen LogP contribution is -2.25. The molecule has 2 fully saturated rings. The standard InChI is InChI=1S/C27H37F3O/c1-3-5-18-7-9-19(10-8-18)20-11-13-21(14-12-20)24-17-22(15-16-23(31)6-4-2)25(28)27(30)26(24)29/h17-21,23,31H,3-14H2,1-2H3/t18-,19-,20?,21?,23?. The highest BCUT2D eigenvalue weighted by atomic mass is 19.2. The molecule has 0 aromatic heterocycles. The summed E-state index contributed by atoms with van der Waals surface area (Å²) in [6.07, 6.45) is 11.9. The Morgan fingerprint density at radius 2 is 1.48 bits per heavy atom. The molecular formula is C27H37F3O. The van der Waals surface area contributed by atoms with Gasteiger partial charge >= 0.3 is 0 Å². The van der Waals surface area contributed by atoms with Gasteiger partial charge < -0.3 is 5.11 Å². The minimum Gasteiger partial charge on any atom is -0.380 e. The van der Waals surface area contributed by atoms with Gasteiger partial charge in [-0.25, -0.2) is 13.2 Å². The Morgan fingerprint density at radius 3 is 2.06 bits per heavy atom. The molecule has 0 radical (unpaired) electrons. The molecule has 1 unspecified atom stereocenters. The Kier molecular flexibility index (Phi) is 8.90. The molecule has 2 aliphatic carbocycles. The van der Waals surface area contributed by atoms with Gasteiger partial charge in [-0.05, 0) is 80.2 Å². The third kappa shape index (κ3) is 6.07. The van der Waals surface area contributed by atoms with Gasteiger partial charge in [-0.1, -0.05) is 57.8 Å². The third-order valence-electron chi connectivity index (χ3n) is 7.58. The first kappa shape index (κ1) is 24.2. The van der Waals surface area contributed by atoms with Gasteiger partial charge in [-0.15, -0.1) is 0 Å². The van der Waals surface area contributed by atoms with Crippen molar-refractivity contribution in [3.8, 4) is 11.8 Å². The molecule has 172 valence electrons. The van der Waals surface area contributed by atoms with Crippen molar-refractivity contribution in [2.45, 2.75) is 103 Å². The van der Waals surface area contributed by atoms with Crippen molar-refractivity contribution in [3.63, 3.8) is 0 Å². The number of hydrogen-bond donors (Lipinski definition) is 1. The summed E-state index contributed by atoms with van der Waals surface area (Å²) in [5.74, 6) is 3.57. The van der Waals surface area contributed by atoms with Crippen LogP contribution < -0.4 is 0 Å². The second-order valence-corrected chi connectivity index (χ2v) is 9.71. The second kappa shape index (κ2) is 11.4. The van der Waals surface area contributed by atoms with Gasteiger partial charge in [0.05, 0.1) is 5.56 Å². The van der Waals surface area contributed by atoms with Crippen LogP contribution in [0.15, 0.2) is 6.07 Å². The molecule has 4 heteroatoms. The van der Waals surface area contributed by atoms with Crippen LogP contribution in [0.4, 0.5) is 13.2 Å². The van der Waals surface area contributed by atoms with Crippen LogP contribution >= 0.6 is 0 Å². The molecule has 2 saturated carbocycles. The molecule has 1 N–H and O–H groups in total. The monoisotopic (exact) mass is 434 g/mol. The topological polar surface area (TPSA) is 20.2 Å². The van der Waals surface area contributed by atoms with Gasteiger partial charge in [0.25, 0.3) is 0 Å². The number of hydrogen-bond acceptors (Lipinski definition) is 1. The first-order chi connectivity index (χ1) is 14.9. The first-order valence-electron chi connectivity index (χ1n) is 12.3. The highest BCUT2D eigenvalue weighted by Crippen LogP contribution is 2.45. The molecule has 31 heavy (non-hydrogen) atoms. The fourth-order valence-electron chi connectivity index (χ4n) is 5.78. The third-order valence-corrected chi connectivity index (χ3v) is 7.58. The minimum absolute atomic E-state index is 0.0936. The lowest BCUT2D eigenvalue weighted by molar-refractivity contribution is 0.155. The van der Waals surface area contributed by atoms with Crippen molar-refractivity contribution >= 4 is 0 Å². The average molecular weight is 435 g/mol. The van der Waals surface area contributed by atoms with Crippen LogP contribution in [0.5, 0.6) is 0 Å². The molecule has 1 aromatic carbocycles. The van der Waals surface area contributed by atoms with Crippen LogP contribution in [0, 0.1) is 47.0 Å². The summed E-state index contributed by atoms with van der Waals surface area (Å²) in [6.45, 7) is 4.17. The zero-order valence-electron chi connectivity index (χ0n) is 19.0. The van der Waals surface area contributed by atoms with E-state index in [-0.39, 0.29) is 17.0 Å². The minimum atomic E-state index is -1.44. The summed E-state index contributed by atoms with van der Waals surface area (Å²) in [6, 6.07) is 1.38. The second-order valence-electron chi connectivity index (χ2n) is 9.71. The van der Waals surface area contributed by atoms with Crippen LogP contribution in [0.2, 0.25) is 0 Å². The number of halogens is 3. The fourth-order valence-corrected chi connectivity index (χ4v) is 5.78. The molecule has 3 rings (SSSR count). The number of aliphatic hydroxyl groups is 1. The highest BCUT2D eigenvalue weighted by molar-refractivity contribution is 5.41. The Labute approximate surface area is 185 Å². The van der Waals surface area contributed by atoms with Gasteiger partial charge in [0.15, 0.2) is 17.5 Å². The Morgan fingerprint density at radius 1 is 0.871 bits per heavy atom. The van der Waals surface area contributed by atoms with E-state index in [0.29, 0.717) is 12.3 Å².